The van der Waals surface area contributed by atoms with E-state index in [1.165, 1.54) is 28.4 Å². The Hall–Kier alpha value is -1.45. The van der Waals surface area contributed by atoms with Crippen molar-refractivity contribution in [1.82, 2.24) is 19.0 Å². The van der Waals surface area contributed by atoms with Crippen LogP contribution in [-0.2, 0) is 26.6 Å². The summed E-state index contributed by atoms with van der Waals surface area (Å²) in [5.41, 5.74) is 0. The van der Waals surface area contributed by atoms with Crippen LogP contribution in [0, 0.1) is 0 Å². The quantitative estimate of drug-likeness (QED) is 0.656. The molecule has 0 radical (unpaired) electrons. The zero-order chi connectivity index (χ0) is 14.8. The van der Waals surface area contributed by atoms with Crippen LogP contribution in [0.1, 0.15) is 0 Å². The largest absolute Gasteiger partial charge is 0.468 e. The van der Waals surface area contributed by atoms with E-state index >= 15 is 0 Å². The van der Waals surface area contributed by atoms with Crippen molar-refractivity contribution in [3.05, 3.63) is 12.3 Å². The van der Waals surface area contributed by atoms with Crippen LogP contribution in [0.25, 0.3) is 0 Å². The van der Waals surface area contributed by atoms with E-state index in [0.717, 1.165) is 0 Å². The first-order valence-electron chi connectivity index (χ1n) is 6.22. The van der Waals surface area contributed by atoms with Gasteiger partial charge in [-0.1, -0.05) is 0 Å². The van der Waals surface area contributed by atoms with Crippen molar-refractivity contribution < 1.29 is 17.9 Å². The molecule has 0 unspecified atom stereocenters. The number of methoxy groups -OCH3 is 1. The molecule has 0 bridgehead atoms. The minimum absolute atomic E-state index is 0.180. The number of aryl methyl sites for hydroxylation is 1. The molecule has 0 amide bonds. The molecule has 1 aromatic rings. The second-order valence-electron chi connectivity index (χ2n) is 4.55. The van der Waals surface area contributed by atoms with Crippen LogP contribution in [0.2, 0.25) is 0 Å². The number of esters is 1. The van der Waals surface area contributed by atoms with Crippen LogP contribution in [0.3, 0.4) is 0 Å². The predicted molar refractivity (Wildman–Crippen MR) is 70.4 cm³/mol. The van der Waals surface area contributed by atoms with Crippen molar-refractivity contribution in [3.63, 3.8) is 0 Å². The van der Waals surface area contributed by atoms with Gasteiger partial charge in [-0.3, -0.25) is 14.4 Å². The average Bonchev–Trinajstić information content (AvgIpc) is 2.86. The molecule has 0 N–H and O–H groups in total. The predicted octanol–water partition coefficient (Wildman–Crippen LogP) is -1.10. The van der Waals surface area contributed by atoms with Gasteiger partial charge in [-0.2, -0.15) is 9.40 Å². The summed E-state index contributed by atoms with van der Waals surface area (Å²) in [5.74, 6) is -0.312. The minimum Gasteiger partial charge on any atom is -0.468 e. The fourth-order valence-electron chi connectivity index (χ4n) is 2.12. The number of hydrogen-bond donors (Lipinski definition) is 0. The van der Waals surface area contributed by atoms with Crippen molar-refractivity contribution in [2.75, 3.05) is 39.8 Å². The summed E-state index contributed by atoms with van der Waals surface area (Å²) in [4.78, 5) is 13.1. The zero-order valence-corrected chi connectivity index (χ0v) is 12.3. The topological polar surface area (TPSA) is 84.7 Å². The average molecular weight is 302 g/mol. The van der Waals surface area contributed by atoms with Crippen LogP contribution in [0.15, 0.2) is 17.3 Å². The molecule has 9 heteroatoms. The smallest absolute Gasteiger partial charge is 0.319 e. The van der Waals surface area contributed by atoms with Gasteiger partial charge in [-0.05, 0) is 6.07 Å². The maximum atomic E-state index is 12.4. The summed E-state index contributed by atoms with van der Waals surface area (Å²) in [5, 5.41) is 4.06. The molecule has 1 aliphatic heterocycles. The van der Waals surface area contributed by atoms with Crippen LogP contribution in [0.4, 0.5) is 0 Å². The van der Waals surface area contributed by atoms with Gasteiger partial charge < -0.3 is 4.74 Å². The fourth-order valence-corrected chi connectivity index (χ4v) is 3.64. The summed E-state index contributed by atoms with van der Waals surface area (Å²) in [6.07, 6.45) is 1.46. The van der Waals surface area contributed by atoms with E-state index in [1.807, 2.05) is 4.90 Å². The first-order chi connectivity index (χ1) is 9.45. The third-order valence-electron chi connectivity index (χ3n) is 3.29. The molecule has 2 rings (SSSR count). The molecular formula is C11H18N4O4S. The molecule has 0 aliphatic carbocycles. The maximum Gasteiger partial charge on any atom is 0.319 e. The molecule has 0 aromatic carbocycles. The maximum absolute atomic E-state index is 12.4. The van der Waals surface area contributed by atoms with E-state index in [1.54, 1.807) is 7.05 Å². The van der Waals surface area contributed by atoms with E-state index < -0.39 is 10.0 Å². The van der Waals surface area contributed by atoms with Crippen molar-refractivity contribution in [1.29, 1.82) is 0 Å². The van der Waals surface area contributed by atoms with Gasteiger partial charge in [-0.25, -0.2) is 8.42 Å². The van der Waals surface area contributed by atoms with E-state index in [4.69, 9.17) is 0 Å². The van der Waals surface area contributed by atoms with Gasteiger partial charge in [0.25, 0.3) is 10.0 Å². The molecule has 1 aromatic heterocycles. The number of ether oxygens (including phenoxy) is 1. The summed E-state index contributed by atoms with van der Waals surface area (Å²) >= 11 is 0. The van der Waals surface area contributed by atoms with Crippen molar-refractivity contribution in [2.24, 2.45) is 7.05 Å². The lowest BCUT2D eigenvalue weighted by Gasteiger charge is -2.33. The number of aromatic nitrogens is 2. The lowest BCUT2D eigenvalue weighted by Crippen LogP contribution is -2.50. The molecule has 0 saturated carbocycles. The number of nitrogens with zero attached hydrogens (tertiary/aromatic N) is 4. The van der Waals surface area contributed by atoms with Gasteiger partial charge >= 0.3 is 5.97 Å². The Morgan fingerprint density at radius 2 is 2.00 bits per heavy atom. The molecule has 2 heterocycles. The highest BCUT2D eigenvalue weighted by molar-refractivity contribution is 7.89. The highest BCUT2D eigenvalue weighted by Gasteiger charge is 2.30. The highest BCUT2D eigenvalue weighted by atomic mass is 32.2. The van der Waals surface area contributed by atoms with Crippen LogP contribution in [-0.4, -0.2) is 73.2 Å². The van der Waals surface area contributed by atoms with Crippen molar-refractivity contribution in [3.8, 4) is 0 Å². The number of hydrogen-bond acceptors (Lipinski definition) is 6. The van der Waals surface area contributed by atoms with E-state index in [0.29, 0.717) is 26.2 Å². The van der Waals surface area contributed by atoms with Crippen LogP contribution < -0.4 is 0 Å². The Kier molecular flexibility index (Phi) is 4.41. The number of piperazine rings is 1. The lowest BCUT2D eigenvalue weighted by atomic mass is 10.3. The highest BCUT2D eigenvalue weighted by Crippen LogP contribution is 2.16. The zero-order valence-electron chi connectivity index (χ0n) is 11.5. The van der Waals surface area contributed by atoms with E-state index in [9.17, 15) is 13.2 Å². The fraction of sp³-hybridized carbons (Fsp3) is 0.636. The van der Waals surface area contributed by atoms with Crippen LogP contribution in [0.5, 0.6) is 0 Å². The van der Waals surface area contributed by atoms with Gasteiger partial charge in [0.15, 0.2) is 5.03 Å². The second kappa shape index (κ2) is 5.90. The monoisotopic (exact) mass is 302 g/mol. The number of rotatable bonds is 4. The van der Waals surface area contributed by atoms with E-state index in [-0.39, 0.29) is 17.5 Å². The van der Waals surface area contributed by atoms with Gasteiger partial charge in [-0.15, -0.1) is 0 Å². The number of carbonyl (C=O) groups excluding carboxylic acids is 1. The van der Waals surface area contributed by atoms with Gasteiger partial charge in [0.05, 0.1) is 19.9 Å². The molecule has 1 aliphatic rings. The first kappa shape index (κ1) is 14.9. The molecule has 0 spiro atoms. The van der Waals surface area contributed by atoms with Gasteiger partial charge in [0.2, 0.25) is 0 Å². The van der Waals surface area contributed by atoms with Crippen molar-refractivity contribution in [2.45, 2.75) is 5.03 Å². The Labute approximate surface area is 118 Å². The number of sulfonamides is 1. The third kappa shape index (κ3) is 3.00. The Morgan fingerprint density at radius 3 is 2.50 bits per heavy atom. The normalized spacial score (nSPS) is 18.1. The third-order valence-corrected chi connectivity index (χ3v) is 5.27. The van der Waals surface area contributed by atoms with E-state index in [2.05, 4.69) is 9.84 Å². The van der Waals surface area contributed by atoms with Crippen LogP contribution >= 0.6 is 0 Å². The molecule has 8 nitrogen and oxygen atoms in total. The summed E-state index contributed by atoms with van der Waals surface area (Å²) in [6.45, 7) is 1.91. The summed E-state index contributed by atoms with van der Waals surface area (Å²) in [7, 11) is -0.580. The van der Waals surface area contributed by atoms with Crippen molar-refractivity contribution >= 4 is 16.0 Å². The molecule has 1 saturated heterocycles. The standard InChI is InChI=1S/C11H18N4O4S/c1-13-10(3-4-12-13)20(17,18)15-7-5-14(6-8-15)9-11(16)19-2/h3-4H,5-9H2,1-2H3. The minimum atomic E-state index is -3.52. The number of carbonyl (C=O) groups is 1. The summed E-state index contributed by atoms with van der Waals surface area (Å²) in [6, 6.07) is 1.48. The molecule has 20 heavy (non-hydrogen) atoms. The summed E-state index contributed by atoms with van der Waals surface area (Å²) < 4.78 is 32.2. The Morgan fingerprint density at radius 1 is 1.35 bits per heavy atom. The molecular weight excluding hydrogens is 284 g/mol. The van der Waals surface area contributed by atoms with Gasteiger partial charge in [0.1, 0.15) is 0 Å². The molecule has 1 fully saturated rings. The Balaban J connectivity index is 2.00. The Bertz CT molecular complexity index is 575. The molecule has 0 atom stereocenters. The molecule has 112 valence electrons. The first-order valence-corrected chi connectivity index (χ1v) is 7.66. The SMILES string of the molecule is COC(=O)CN1CCN(S(=O)(=O)c2ccnn2C)CC1. The lowest BCUT2D eigenvalue weighted by molar-refractivity contribution is -0.142. The van der Waals surface area contributed by atoms with Gasteiger partial charge in [0, 0.05) is 33.2 Å². The second-order valence-corrected chi connectivity index (χ2v) is 6.43.